The zero-order valence-corrected chi connectivity index (χ0v) is 20.8. The molecule has 6 nitrogen and oxygen atoms in total. The first-order valence-corrected chi connectivity index (χ1v) is 12.5. The normalized spacial score (nSPS) is 24.9. The first-order valence-electron chi connectivity index (χ1n) is 10.7. The summed E-state index contributed by atoms with van der Waals surface area (Å²) in [5.74, 6) is -1.95. The maximum Gasteiger partial charge on any atom is 0.336 e. The molecule has 1 N–H and O–H groups in total. The number of imide groups is 1. The molecule has 2 fully saturated rings. The molecule has 5 rings (SSSR count). The molecule has 33 heavy (non-hydrogen) atoms. The lowest BCUT2D eigenvalue weighted by Gasteiger charge is -2.29. The summed E-state index contributed by atoms with van der Waals surface area (Å²) in [5, 5.41) is 10.3. The van der Waals surface area contributed by atoms with E-state index in [1.54, 1.807) is 30.3 Å². The molecule has 2 aliphatic rings. The Kier molecular flexibility index (Phi) is 5.61. The van der Waals surface area contributed by atoms with Crippen LogP contribution in [0.4, 0.5) is 5.69 Å². The van der Waals surface area contributed by atoms with E-state index in [0.717, 1.165) is 5.56 Å². The fourth-order valence-electron chi connectivity index (χ4n) is 4.80. The molecule has 0 radical (unpaired) electrons. The van der Waals surface area contributed by atoms with E-state index in [0.29, 0.717) is 40.7 Å². The van der Waals surface area contributed by atoms with Gasteiger partial charge >= 0.3 is 5.97 Å². The lowest BCUT2D eigenvalue weighted by molar-refractivity contribution is -0.122. The lowest BCUT2D eigenvalue weighted by Crippen LogP contribution is -2.34. The van der Waals surface area contributed by atoms with Crippen LogP contribution in [0.25, 0.3) is 22.2 Å². The molecular weight excluding hydrogens is 552 g/mol. The van der Waals surface area contributed by atoms with Crippen LogP contribution in [-0.4, -0.2) is 37.5 Å². The van der Waals surface area contributed by atoms with Crippen molar-refractivity contribution in [1.82, 2.24) is 4.98 Å². The zero-order valence-electron chi connectivity index (χ0n) is 17.7. The highest BCUT2D eigenvalue weighted by atomic mass is 79.9. The van der Waals surface area contributed by atoms with Crippen LogP contribution in [0.3, 0.4) is 0 Å². The van der Waals surface area contributed by atoms with E-state index in [4.69, 9.17) is 0 Å². The van der Waals surface area contributed by atoms with Gasteiger partial charge in [-0.2, -0.15) is 0 Å². The zero-order chi connectivity index (χ0) is 23.4. The van der Waals surface area contributed by atoms with Gasteiger partial charge in [0.05, 0.1) is 34.3 Å². The number of carbonyl (C=O) groups is 3. The third-order valence-electron chi connectivity index (χ3n) is 6.53. The number of hydrogen-bond donors (Lipinski definition) is 1. The van der Waals surface area contributed by atoms with Gasteiger partial charge in [0.25, 0.3) is 0 Å². The SMILES string of the molecule is Cc1ccc2nc(-c3ccc(N4C(=O)C5CC(Br)C(Br)CC5C4=O)cc3)cc(C(=O)O)c2c1. The number of aromatic carboxylic acids is 1. The van der Waals surface area contributed by atoms with Gasteiger partial charge in [-0.1, -0.05) is 55.6 Å². The van der Waals surface area contributed by atoms with E-state index in [9.17, 15) is 19.5 Å². The molecule has 2 heterocycles. The standard InChI is InChI=1S/C25H20Br2N2O4/c1-12-2-7-21-15(8-12)18(25(32)33)11-22(28-21)13-3-5-14(6-4-13)29-23(30)16-9-19(26)20(27)10-17(16)24(29)31/h2-8,11,16-17,19-20H,9-10H2,1H3,(H,32,33). The number of carbonyl (C=O) groups excluding carboxylic acids is 2. The molecule has 8 heteroatoms. The average Bonchev–Trinajstić information content (AvgIpc) is 3.02. The number of pyridine rings is 1. The molecule has 2 amide bonds. The van der Waals surface area contributed by atoms with Crippen LogP contribution in [0.15, 0.2) is 48.5 Å². The first-order chi connectivity index (χ1) is 15.7. The first kappa shape index (κ1) is 22.2. The summed E-state index contributed by atoms with van der Waals surface area (Å²) in [7, 11) is 0. The van der Waals surface area contributed by atoms with Gasteiger partial charge in [0, 0.05) is 20.6 Å². The minimum Gasteiger partial charge on any atom is -0.478 e. The van der Waals surface area contributed by atoms with Crippen molar-refractivity contribution < 1.29 is 19.5 Å². The van der Waals surface area contributed by atoms with Crippen molar-refractivity contribution in [3.8, 4) is 11.3 Å². The number of carboxylic acids is 1. The number of hydrogen-bond acceptors (Lipinski definition) is 4. The molecular formula is C25H20Br2N2O4. The van der Waals surface area contributed by atoms with Gasteiger partial charge in [0.1, 0.15) is 0 Å². The Balaban J connectivity index is 1.49. The minimum absolute atomic E-state index is 0.157. The lowest BCUT2D eigenvalue weighted by atomic mass is 9.81. The molecule has 1 saturated heterocycles. The summed E-state index contributed by atoms with van der Waals surface area (Å²) in [6.45, 7) is 1.91. The summed E-state index contributed by atoms with van der Waals surface area (Å²) in [5.41, 5.74) is 3.50. The number of anilines is 1. The van der Waals surface area contributed by atoms with Gasteiger partial charge < -0.3 is 5.11 Å². The minimum atomic E-state index is -1.02. The number of aromatic nitrogens is 1. The highest BCUT2D eigenvalue weighted by molar-refractivity contribution is 9.12. The van der Waals surface area contributed by atoms with Crippen LogP contribution < -0.4 is 4.90 Å². The fraction of sp³-hybridized carbons (Fsp3) is 0.280. The highest BCUT2D eigenvalue weighted by Crippen LogP contribution is 2.44. The predicted octanol–water partition coefficient (Wildman–Crippen LogP) is 5.33. The fourth-order valence-corrected chi connectivity index (χ4v) is 6.03. The summed E-state index contributed by atoms with van der Waals surface area (Å²) in [6.07, 6.45) is 1.25. The smallest absolute Gasteiger partial charge is 0.336 e. The molecule has 168 valence electrons. The Morgan fingerprint density at radius 2 is 1.58 bits per heavy atom. The summed E-state index contributed by atoms with van der Waals surface area (Å²) >= 11 is 7.22. The molecule has 4 unspecified atom stereocenters. The summed E-state index contributed by atoms with van der Waals surface area (Å²) < 4.78 is 0. The van der Waals surface area contributed by atoms with E-state index in [2.05, 4.69) is 36.8 Å². The van der Waals surface area contributed by atoms with Crippen LogP contribution in [0.1, 0.15) is 28.8 Å². The number of benzene rings is 2. The second kappa shape index (κ2) is 8.33. The largest absolute Gasteiger partial charge is 0.478 e. The van der Waals surface area contributed by atoms with Gasteiger partial charge in [-0.3, -0.25) is 14.5 Å². The van der Waals surface area contributed by atoms with Gasteiger partial charge in [-0.25, -0.2) is 9.78 Å². The maximum absolute atomic E-state index is 13.0. The second-order valence-electron chi connectivity index (χ2n) is 8.66. The second-order valence-corrected chi connectivity index (χ2v) is 11.0. The van der Waals surface area contributed by atoms with Gasteiger partial charge in [-0.15, -0.1) is 0 Å². The quantitative estimate of drug-likeness (QED) is 0.339. The van der Waals surface area contributed by atoms with Crippen LogP contribution in [0.2, 0.25) is 0 Å². The molecule has 4 atom stereocenters. The topological polar surface area (TPSA) is 87.6 Å². The number of fused-ring (bicyclic) bond motifs is 2. The summed E-state index contributed by atoms with van der Waals surface area (Å²) in [4.78, 5) is 44.2. The van der Waals surface area contributed by atoms with Crippen LogP contribution >= 0.6 is 31.9 Å². The van der Waals surface area contributed by atoms with Gasteiger partial charge in [0.15, 0.2) is 0 Å². The number of nitrogens with zero attached hydrogens (tertiary/aromatic N) is 2. The van der Waals surface area contributed by atoms with Crippen molar-refractivity contribution in [1.29, 1.82) is 0 Å². The van der Waals surface area contributed by atoms with Crippen molar-refractivity contribution in [2.24, 2.45) is 11.8 Å². The van der Waals surface area contributed by atoms with Crippen LogP contribution in [-0.2, 0) is 9.59 Å². The monoisotopic (exact) mass is 570 g/mol. The third-order valence-corrected chi connectivity index (χ3v) is 9.26. The number of aryl methyl sites for hydroxylation is 1. The van der Waals surface area contributed by atoms with Gasteiger partial charge in [0.2, 0.25) is 11.8 Å². The third kappa shape index (κ3) is 3.79. The number of rotatable bonds is 3. The predicted molar refractivity (Wildman–Crippen MR) is 133 cm³/mol. The molecule has 0 bridgehead atoms. The van der Waals surface area contributed by atoms with Crippen LogP contribution in [0.5, 0.6) is 0 Å². The number of amides is 2. The van der Waals surface area contributed by atoms with E-state index in [-0.39, 0.29) is 38.9 Å². The van der Waals surface area contributed by atoms with Crippen molar-refractivity contribution >= 4 is 66.2 Å². The van der Waals surface area contributed by atoms with Crippen LogP contribution in [0, 0.1) is 18.8 Å². The number of halogens is 2. The highest BCUT2D eigenvalue weighted by Gasteiger charge is 2.52. The van der Waals surface area contributed by atoms with E-state index in [1.807, 2.05) is 25.1 Å². The molecule has 1 aromatic heterocycles. The Hall–Kier alpha value is -2.58. The number of alkyl halides is 2. The Morgan fingerprint density at radius 1 is 0.970 bits per heavy atom. The molecule has 1 aliphatic carbocycles. The van der Waals surface area contributed by atoms with E-state index < -0.39 is 5.97 Å². The van der Waals surface area contributed by atoms with Crippen molar-refractivity contribution in [2.75, 3.05) is 4.90 Å². The maximum atomic E-state index is 13.0. The van der Waals surface area contributed by atoms with E-state index in [1.165, 1.54) is 4.90 Å². The molecule has 1 aliphatic heterocycles. The van der Waals surface area contributed by atoms with Crippen molar-refractivity contribution in [2.45, 2.75) is 29.4 Å². The molecule has 1 saturated carbocycles. The Morgan fingerprint density at radius 3 is 2.15 bits per heavy atom. The summed E-state index contributed by atoms with van der Waals surface area (Å²) in [6, 6.07) is 14.1. The Bertz CT molecular complexity index is 1280. The van der Waals surface area contributed by atoms with Gasteiger partial charge in [-0.05, 0) is 50.1 Å². The Labute approximate surface area is 207 Å². The molecule has 0 spiro atoms. The molecule has 2 aromatic carbocycles. The van der Waals surface area contributed by atoms with Crippen molar-refractivity contribution in [3.05, 3.63) is 59.7 Å². The number of carboxylic acid groups (broad SMARTS) is 1. The molecule has 3 aromatic rings. The average molecular weight is 572 g/mol. The van der Waals surface area contributed by atoms with Crippen molar-refractivity contribution in [3.63, 3.8) is 0 Å². The van der Waals surface area contributed by atoms with E-state index >= 15 is 0 Å².